The minimum Gasteiger partial charge on any atom is -0.352 e. The minimum atomic E-state index is -0.0266. The van der Waals surface area contributed by atoms with E-state index in [1.54, 1.807) is 4.57 Å². The van der Waals surface area contributed by atoms with E-state index in [4.69, 9.17) is 0 Å². The zero-order valence-electron chi connectivity index (χ0n) is 15.5. The van der Waals surface area contributed by atoms with Crippen molar-refractivity contribution in [1.82, 2.24) is 14.9 Å². The van der Waals surface area contributed by atoms with Crippen LogP contribution in [0.3, 0.4) is 0 Å². The molecule has 1 aromatic carbocycles. The van der Waals surface area contributed by atoms with Gasteiger partial charge in [-0.1, -0.05) is 50.6 Å². The number of hydrogen-bond donors (Lipinski definition) is 1. The summed E-state index contributed by atoms with van der Waals surface area (Å²) >= 11 is 1.35. The molecular formula is C20H27N3O2S. The van der Waals surface area contributed by atoms with E-state index in [0.717, 1.165) is 12.8 Å². The van der Waals surface area contributed by atoms with Gasteiger partial charge in [0.05, 0.1) is 16.7 Å². The van der Waals surface area contributed by atoms with Crippen LogP contribution in [0.2, 0.25) is 0 Å². The molecule has 0 spiro atoms. The van der Waals surface area contributed by atoms with Crippen LogP contribution in [0, 0.1) is 5.92 Å². The molecule has 0 radical (unpaired) electrons. The highest BCUT2D eigenvalue weighted by atomic mass is 32.2. The first kappa shape index (κ1) is 19.0. The summed E-state index contributed by atoms with van der Waals surface area (Å²) in [7, 11) is 0. The van der Waals surface area contributed by atoms with Gasteiger partial charge >= 0.3 is 0 Å². The zero-order chi connectivity index (χ0) is 18.5. The maximum absolute atomic E-state index is 12.8. The smallest absolute Gasteiger partial charge is 0.262 e. The fourth-order valence-electron chi connectivity index (χ4n) is 3.59. The van der Waals surface area contributed by atoms with Crippen LogP contribution in [0.4, 0.5) is 0 Å². The second-order valence-corrected chi connectivity index (χ2v) is 8.04. The summed E-state index contributed by atoms with van der Waals surface area (Å²) in [6.45, 7) is 4.86. The predicted octanol–water partition coefficient (Wildman–Crippen LogP) is 3.59. The lowest BCUT2D eigenvalue weighted by Crippen LogP contribution is -2.41. The van der Waals surface area contributed by atoms with Crippen LogP contribution in [-0.2, 0) is 11.3 Å². The van der Waals surface area contributed by atoms with Crippen molar-refractivity contribution in [2.45, 2.75) is 63.7 Å². The van der Waals surface area contributed by atoms with Gasteiger partial charge in [0.2, 0.25) is 5.91 Å². The predicted molar refractivity (Wildman–Crippen MR) is 107 cm³/mol. The Morgan fingerprint density at radius 2 is 2.08 bits per heavy atom. The number of benzene rings is 1. The van der Waals surface area contributed by atoms with E-state index >= 15 is 0 Å². The number of thioether (sulfide) groups is 1. The molecule has 6 heteroatoms. The molecule has 0 saturated heterocycles. The lowest BCUT2D eigenvalue weighted by atomic mass is 9.86. The normalized spacial score (nSPS) is 20.2. The van der Waals surface area contributed by atoms with Crippen LogP contribution in [0.25, 0.3) is 10.9 Å². The Balaban J connectivity index is 1.74. The fourth-order valence-corrected chi connectivity index (χ4v) is 4.42. The molecule has 0 aliphatic heterocycles. The second kappa shape index (κ2) is 8.71. The molecule has 1 N–H and O–H groups in total. The van der Waals surface area contributed by atoms with Crippen molar-refractivity contribution in [1.29, 1.82) is 0 Å². The monoisotopic (exact) mass is 373 g/mol. The molecule has 1 heterocycles. The van der Waals surface area contributed by atoms with E-state index in [1.807, 2.05) is 31.2 Å². The average molecular weight is 374 g/mol. The highest BCUT2D eigenvalue weighted by Gasteiger charge is 2.23. The van der Waals surface area contributed by atoms with E-state index in [0.29, 0.717) is 28.5 Å². The number of carbonyl (C=O) groups is 1. The molecule has 1 aliphatic carbocycles. The van der Waals surface area contributed by atoms with Gasteiger partial charge in [-0.3, -0.25) is 14.2 Å². The van der Waals surface area contributed by atoms with E-state index in [9.17, 15) is 9.59 Å². The Hall–Kier alpha value is -1.82. The molecule has 1 amide bonds. The summed E-state index contributed by atoms with van der Waals surface area (Å²) in [5.74, 6) is 0.853. The maximum atomic E-state index is 12.8. The van der Waals surface area contributed by atoms with Crippen molar-refractivity contribution >= 4 is 28.6 Å². The van der Waals surface area contributed by atoms with Crippen molar-refractivity contribution in [3.05, 3.63) is 34.6 Å². The number of nitrogens with zero attached hydrogens (tertiary/aromatic N) is 2. The molecular weight excluding hydrogens is 346 g/mol. The van der Waals surface area contributed by atoms with Crippen molar-refractivity contribution in [2.75, 3.05) is 5.75 Å². The number of aromatic nitrogens is 2. The molecule has 1 saturated carbocycles. The van der Waals surface area contributed by atoms with Gasteiger partial charge in [-0.2, -0.15) is 0 Å². The molecule has 26 heavy (non-hydrogen) atoms. The zero-order valence-corrected chi connectivity index (χ0v) is 16.3. The Morgan fingerprint density at radius 3 is 2.85 bits per heavy atom. The number of fused-ring (bicyclic) bond motifs is 1. The number of hydrogen-bond acceptors (Lipinski definition) is 4. The average Bonchev–Trinajstić information content (AvgIpc) is 2.64. The van der Waals surface area contributed by atoms with Crippen molar-refractivity contribution < 1.29 is 4.79 Å². The Bertz CT molecular complexity index is 833. The van der Waals surface area contributed by atoms with Gasteiger partial charge in [0.1, 0.15) is 0 Å². The van der Waals surface area contributed by atoms with Gasteiger partial charge in [0.15, 0.2) is 5.16 Å². The van der Waals surface area contributed by atoms with Gasteiger partial charge in [-0.25, -0.2) is 4.98 Å². The third kappa shape index (κ3) is 4.29. The molecule has 1 aliphatic rings. The second-order valence-electron chi connectivity index (χ2n) is 7.09. The number of amides is 1. The number of nitrogens with one attached hydrogen (secondary N) is 1. The van der Waals surface area contributed by atoms with E-state index in [1.165, 1.54) is 31.0 Å². The number of rotatable bonds is 6. The molecule has 2 aromatic rings. The number of para-hydroxylation sites is 1. The Kier molecular flexibility index (Phi) is 6.35. The molecule has 3 rings (SSSR count). The Labute approximate surface area is 158 Å². The third-order valence-corrected chi connectivity index (χ3v) is 6.04. The molecule has 0 bridgehead atoms. The summed E-state index contributed by atoms with van der Waals surface area (Å²) in [6.07, 6.45) is 5.53. The van der Waals surface area contributed by atoms with Crippen LogP contribution >= 0.6 is 11.8 Å². The molecule has 2 atom stereocenters. The highest BCUT2D eigenvalue weighted by Crippen LogP contribution is 2.24. The van der Waals surface area contributed by atoms with Crippen LogP contribution in [0.15, 0.2) is 34.2 Å². The van der Waals surface area contributed by atoms with E-state index in [-0.39, 0.29) is 23.3 Å². The number of carbonyl (C=O) groups excluding carboxylic acids is 1. The van der Waals surface area contributed by atoms with Gasteiger partial charge in [-0.15, -0.1) is 0 Å². The standard InChI is InChI=1S/C20H27N3O2S/c1-3-12-23-19(25)15-9-5-7-11-17(15)22-20(23)26-13-18(24)21-16-10-6-4-8-14(16)2/h5,7,9,11,14,16H,3-4,6,8,10,12-13H2,1-2H3,(H,21,24). The van der Waals surface area contributed by atoms with Crippen molar-refractivity contribution in [3.8, 4) is 0 Å². The summed E-state index contributed by atoms with van der Waals surface area (Å²) in [5, 5.41) is 4.42. The van der Waals surface area contributed by atoms with Gasteiger partial charge in [-0.05, 0) is 37.3 Å². The first-order valence-corrected chi connectivity index (χ1v) is 10.5. The first-order valence-electron chi connectivity index (χ1n) is 9.52. The quantitative estimate of drug-likeness (QED) is 0.621. The first-order chi connectivity index (χ1) is 12.6. The van der Waals surface area contributed by atoms with Crippen LogP contribution in [0.5, 0.6) is 0 Å². The minimum absolute atomic E-state index is 0.0266. The lowest BCUT2D eigenvalue weighted by molar-refractivity contribution is -0.119. The van der Waals surface area contributed by atoms with Gasteiger partial charge in [0.25, 0.3) is 5.56 Å². The topological polar surface area (TPSA) is 64.0 Å². The lowest BCUT2D eigenvalue weighted by Gasteiger charge is -2.29. The summed E-state index contributed by atoms with van der Waals surface area (Å²) in [5.41, 5.74) is 0.662. The molecule has 140 valence electrons. The fraction of sp³-hybridized carbons (Fsp3) is 0.550. The van der Waals surface area contributed by atoms with Crippen LogP contribution in [0.1, 0.15) is 46.0 Å². The Morgan fingerprint density at radius 1 is 1.31 bits per heavy atom. The molecule has 1 aromatic heterocycles. The SMILES string of the molecule is CCCn1c(SCC(=O)NC2CCCCC2C)nc2ccccc2c1=O. The van der Waals surface area contributed by atoms with E-state index in [2.05, 4.69) is 17.2 Å². The van der Waals surface area contributed by atoms with Gasteiger partial charge < -0.3 is 5.32 Å². The molecule has 1 fully saturated rings. The highest BCUT2D eigenvalue weighted by molar-refractivity contribution is 7.99. The van der Waals surface area contributed by atoms with E-state index < -0.39 is 0 Å². The largest absolute Gasteiger partial charge is 0.352 e. The molecule has 5 nitrogen and oxygen atoms in total. The van der Waals surface area contributed by atoms with Crippen molar-refractivity contribution in [2.24, 2.45) is 5.92 Å². The molecule has 2 unspecified atom stereocenters. The summed E-state index contributed by atoms with van der Waals surface area (Å²) in [4.78, 5) is 29.8. The van der Waals surface area contributed by atoms with Crippen LogP contribution < -0.4 is 10.9 Å². The maximum Gasteiger partial charge on any atom is 0.262 e. The summed E-state index contributed by atoms with van der Waals surface area (Å²) < 4.78 is 1.70. The summed E-state index contributed by atoms with van der Waals surface area (Å²) in [6, 6.07) is 7.67. The van der Waals surface area contributed by atoms with Crippen molar-refractivity contribution in [3.63, 3.8) is 0 Å². The van der Waals surface area contributed by atoms with Crippen LogP contribution in [-0.4, -0.2) is 27.3 Å². The third-order valence-electron chi connectivity index (χ3n) is 5.06. The van der Waals surface area contributed by atoms with Gasteiger partial charge in [0, 0.05) is 12.6 Å².